The third kappa shape index (κ3) is 3.74. The van der Waals surface area contributed by atoms with Crippen molar-refractivity contribution in [1.29, 1.82) is 0 Å². The van der Waals surface area contributed by atoms with Gasteiger partial charge in [-0.15, -0.1) is 0 Å². The number of nitrogens with one attached hydrogen (secondary N) is 1. The van der Waals surface area contributed by atoms with Gasteiger partial charge in [-0.3, -0.25) is 14.8 Å². The van der Waals surface area contributed by atoms with Gasteiger partial charge in [-0.05, 0) is 44.1 Å². The van der Waals surface area contributed by atoms with Crippen LogP contribution in [0.5, 0.6) is 0 Å². The van der Waals surface area contributed by atoms with Crippen LogP contribution in [-0.4, -0.2) is 53.6 Å². The zero-order chi connectivity index (χ0) is 16.1. The molecule has 0 spiro atoms. The largest absolute Gasteiger partial charge is 0.344 e. The number of hydrogen-bond acceptors (Lipinski definition) is 3. The molecule has 2 rings (SSSR count). The summed E-state index contributed by atoms with van der Waals surface area (Å²) in [5.74, 6) is 0.114. The molecule has 0 saturated heterocycles. The molecule has 2 aromatic rings. The van der Waals surface area contributed by atoms with Crippen molar-refractivity contribution in [3.63, 3.8) is 0 Å². The molecule has 1 aromatic heterocycles. The van der Waals surface area contributed by atoms with E-state index in [9.17, 15) is 4.79 Å². The SMILES string of the molecule is Cc1ccccc1[C@H](C(=O)N(C)CCc1cn[nH]c1)N(C)C. The second kappa shape index (κ2) is 7.22. The fourth-order valence-corrected chi connectivity index (χ4v) is 2.56. The first-order valence-electron chi connectivity index (χ1n) is 7.45. The lowest BCUT2D eigenvalue weighted by Gasteiger charge is -2.29. The van der Waals surface area contributed by atoms with Crippen LogP contribution in [0.3, 0.4) is 0 Å². The van der Waals surface area contributed by atoms with Crippen LogP contribution in [0.2, 0.25) is 0 Å². The number of aryl methyl sites for hydroxylation is 1. The summed E-state index contributed by atoms with van der Waals surface area (Å²) in [4.78, 5) is 16.6. The number of hydrogen-bond donors (Lipinski definition) is 1. The van der Waals surface area contributed by atoms with E-state index in [1.54, 1.807) is 11.1 Å². The molecular formula is C17H24N4O. The van der Waals surface area contributed by atoms with Gasteiger partial charge in [-0.1, -0.05) is 24.3 Å². The number of amides is 1. The Kier molecular flexibility index (Phi) is 5.33. The Morgan fingerprint density at radius 2 is 2.00 bits per heavy atom. The molecule has 0 bridgehead atoms. The van der Waals surface area contributed by atoms with Crippen LogP contribution in [0.1, 0.15) is 22.7 Å². The lowest BCUT2D eigenvalue weighted by Crippen LogP contribution is -2.39. The zero-order valence-corrected chi connectivity index (χ0v) is 13.7. The molecule has 1 amide bonds. The van der Waals surface area contributed by atoms with E-state index in [4.69, 9.17) is 0 Å². The number of aromatic amines is 1. The van der Waals surface area contributed by atoms with Gasteiger partial charge < -0.3 is 4.90 Å². The van der Waals surface area contributed by atoms with Gasteiger partial charge in [-0.2, -0.15) is 5.10 Å². The minimum Gasteiger partial charge on any atom is -0.344 e. The fourth-order valence-electron chi connectivity index (χ4n) is 2.56. The van der Waals surface area contributed by atoms with Crippen LogP contribution in [0.4, 0.5) is 0 Å². The molecule has 1 aromatic carbocycles. The molecule has 5 nitrogen and oxygen atoms in total. The Morgan fingerprint density at radius 1 is 1.27 bits per heavy atom. The van der Waals surface area contributed by atoms with Crippen molar-refractivity contribution in [1.82, 2.24) is 20.0 Å². The van der Waals surface area contributed by atoms with Crippen molar-refractivity contribution in [3.8, 4) is 0 Å². The summed E-state index contributed by atoms with van der Waals surface area (Å²) in [5, 5.41) is 6.73. The van der Waals surface area contributed by atoms with Crippen LogP contribution in [0.25, 0.3) is 0 Å². The molecule has 0 aliphatic carbocycles. The molecule has 22 heavy (non-hydrogen) atoms. The molecule has 5 heteroatoms. The molecule has 0 unspecified atom stereocenters. The van der Waals surface area contributed by atoms with Gasteiger partial charge in [0.25, 0.3) is 0 Å². The molecule has 0 radical (unpaired) electrons. The van der Waals surface area contributed by atoms with E-state index in [-0.39, 0.29) is 11.9 Å². The number of carbonyl (C=O) groups excluding carboxylic acids is 1. The number of benzene rings is 1. The second-order valence-corrected chi connectivity index (χ2v) is 5.84. The topological polar surface area (TPSA) is 52.2 Å². The van der Waals surface area contributed by atoms with Crippen molar-refractivity contribution in [2.75, 3.05) is 27.7 Å². The van der Waals surface area contributed by atoms with Gasteiger partial charge in [0.2, 0.25) is 5.91 Å². The number of aromatic nitrogens is 2. The minimum absolute atomic E-state index is 0.114. The molecular weight excluding hydrogens is 276 g/mol. The first-order valence-corrected chi connectivity index (χ1v) is 7.45. The predicted molar refractivity (Wildman–Crippen MR) is 87.5 cm³/mol. The van der Waals surface area contributed by atoms with Gasteiger partial charge in [-0.25, -0.2) is 0 Å². The summed E-state index contributed by atoms with van der Waals surface area (Å²) in [6.45, 7) is 2.72. The van der Waals surface area contributed by atoms with E-state index < -0.39 is 0 Å². The summed E-state index contributed by atoms with van der Waals surface area (Å²) < 4.78 is 0. The van der Waals surface area contributed by atoms with Crippen molar-refractivity contribution in [3.05, 3.63) is 53.3 Å². The first kappa shape index (κ1) is 16.2. The number of likely N-dealkylation sites (N-methyl/N-ethyl adjacent to an activating group) is 2. The maximum Gasteiger partial charge on any atom is 0.244 e. The van der Waals surface area contributed by atoms with E-state index in [0.29, 0.717) is 6.54 Å². The van der Waals surface area contributed by atoms with Crippen molar-refractivity contribution >= 4 is 5.91 Å². The number of H-pyrrole nitrogens is 1. The normalized spacial score (nSPS) is 12.4. The van der Waals surface area contributed by atoms with Gasteiger partial charge in [0.1, 0.15) is 6.04 Å². The predicted octanol–water partition coefficient (Wildman–Crippen LogP) is 2.02. The average Bonchev–Trinajstić information content (AvgIpc) is 3.00. The van der Waals surface area contributed by atoms with Gasteiger partial charge >= 0.3 is 0 Å². The van der Waals surface area contributed by atoms with E-state index in [0.717, 1.165) is 23.1 Å². The standard InChI is InChI=1S/C17H24N4O/c1-13-7-5-6-8-15(13)16(20(2)3)17(22)21(4)10-9-14-11-18-19-12-14/h5-8,11-12,16H,9-10H2,1-4H3,(H,18,19)/t16-/m1/s1. The quantitative estimate of drug-likeness (QED) is 0.888. The van der Waals surface area contributed by atoms with Crippen LogP contribution >= 0.6 is 0 Å². The number of rotatable bonds is 6. The van der Waals surface area contributed by atoms with E-state index >= 15 is 0 Å². The molecule has 1 heterocycles. The van der Waals surface area contributed by atoms with Gasteiger partial charge in [0, 0.05) is 19.8 Å². The highest BCUT2D eigenvalue weighted by molar-refractivity contribution is 5.83. The van der Waals surface area contributed by atoms with Crippen molar-refractivity contribution in [2.24, 2.45) is 0 Å². The van der Waals surface area contributed by atoms with E-state index in [1.807, 2.05) is 63.4 Å². The highest BCUT2D eigenvalue weighted by Gasteiger charge is 2.26. The van der Waals surface area contributed by atoms with Crippen LogP contribution in [-0.2, 0) is 11.2 Å². The first-order chi connectivity index (χ1) is 10.5. The monoisotopic (exact) mass is 300 g/mol. The van der Waals surface area contributed by atoms with Gasteiger partial charge in [0.05, 0.1) is 6.20 Å². The Hall–Kier alpha value is -2.14. The molecule has 118 valence electrons. The summed E-state index contributed by atoms with van der Waals surface area (Å²) in [6.07, 6.45) is 4.46. The molecule has 0 aliphatic heterocycles. The third-order valence-electron chi connectivity index (χ3n) is 3.90. The van der Waals surface area contributed by atoms with E-state index in [1.165, 1.54) is 0 Å². The highest BCUT2D eigenvalue weighted by Crippen LogP contribution is 2.23. The smallest absolute Gasteiger partial charge is 0.244 e. The summed E-state index contributed by atoms with van der Waals surface area (Å²) in [6, 6.07) is 7.80. The maximum atomic E-state index is 12.9. The maximum absolute atomic E-state index is 12.9. The molecule has 0 saturated carbocycles. The third-order valence-corrected chi connectivity index (χ3v) is 3.90. The van der Waals surface area contributed by atoms with Crippen molar-refractivity contribution < 1.29 is 4.79 Å². The summed E-state index contributed by atoms with van der Waals surface area (Å²) in [7, 11) is 5.75. The summed E-state index contributed by atoms with van der Waals surface area (Å²) in [5.41, 5.74) is 3.31. The second-order valence-electron chi connectivity index (χ2n) is 5.84. The van der Waals surface area contributed by atoms with E-state index in [2.05, 4.69) is 10.2 Å². The lowest BCUT2D eigenvalue weighted by molar-refractivity contribution is -0.135. The Labute approximate surface area is 131 Å². The molecule has 0 fully saturated rings. The Bertz CT molecular complexity index is 607. The summed E-state index contributed by atoms with van der Waals surface area (Å²) >= 11 is 0. The lowest BCUT2D eigenvalue weighted by atomic mass is 9.99. The Balaban J connectivity index is 2.11. The fraction of sp³-hybridized carbons (Fsp3) is 0.412. The molecule has 1 N–H and O–H groups in total. The Morgan fingerprint density at radius 3 is 2.59 bits per heavy atom. The zero-order valence-electron chi connectivity index (χ0n) is 13.7. The number of nitrogens with zero attached hydrogens (tertiary/aromatic N) is 3. The average molecular weight is 300 g/mol. The van der Waals surface area contributed by atoms with Gasteiger partial charge in [0.15, 0.2) is 0 Å². The van der Waals surface area contributed by atoms with Crippen molar-refractivity contribution in [2.45, 2.75) is 19.4 Å². The molecule has 0 aliphatic rings. The van der Waals surface area contributed by atoms with Crippen LogP contribution in [0, 0.1) is 6.92 Å². The minimum atomic E-state index is -0.254. The van der Waals surface area contributed by atoms with Crippen LogP contribution in [0.15, 0.2) is 36.7 Å². The van der Waals surface area contributed by atoms with Crippen LogP contribution < -0.4 is 0 Å². The molecule has 1 atom stereocenters. The number of carbonyl (C=O) groups is 1. The highest BCUT2D eigenvalue weighted by atomic mass is 16.2.